The van der Waals surface area contributed by atoms with Gasteiger partial charge in [-0.3, -0.25) is 4.79 Å². The molecule has 6 heterocycles. The molecule has 3 saturated carbocycles. The maximum absolute atomic E-state index is 15.5. The smallest absolute Gasteiger partial charge is 0.189 e. The summed E-state index contributed by atoms with van der Waals surface area (Å²) in [4.78, 5) is 15.5. The Labute approximate surface area is 572 Å². The molecule has 39 atom stereocenters. The molecule has 6 saturated heterocycles. The van der Waals surface area contributed by atoms with Gasteiger partial charge >= 0.3 is 0 Å². The Hall–Kier alpha value is -1.91. The Morgan fingerprint density at radius 3 is 1.42 bits per heavy atom. The number of hydrogen-bond acceptors (Lipinski definition) is 34. The summed E-state index contributed by atoms with van der Waals surface area (Å²) in [5.41, 5.74) is -3.20. The summed E-state index contributed by atoms with van der Waals surface area (Å²) in [5, 5.41) is 225. The van der Waals surface area contributed by atoms with Crippen LogP contribution in [0.5, 0.6) is 0 Å². The molecule has 9 fully saturated rings. The van der Waals surface area contributed by atoms with E-state index in [1.54, 1.807) is 0 Å². The fourth-order valence-electron chi connectivity index (χ4n) is 17.9. The lowest BCUT2D eigenvalue weighted by Gasteiger charge is -2.65. The molecule has 34 heteroatoms. The fourth-order valence-corrected chi connectivity index (χ4v) is 17.9. The van der Waals surface area contributed by atoms with Crippen LogP contribution in [0.15, 0.2) is 11.6 Å². The Morgan fingerprint density at radius 1 is 0.495 bits per heavy atom. The van der Waals surface area contributed by atoms with Crippen molar-refractivity contribution in [3.63, 3.8) is 0 Å². The molecule has 0 bridgehead atoms. The molecule has 10 aliphatic rings. The molecule has 0 aromatic carbocycles. The number of rotatable bonds is 22. The Balaban J connectivity index is 0.796. The quantitative estimate of drug-likeness (QED) is 0.0448. The van der Waals surface area contributed by atoms with Crippen molar-refractivity contribution in [3.8, 4) is 0 Å². The van der Waals surface area contributed by atoms with Crippen molar-refractivity contribution < 1.29 is 169 Å². The number of ketones is 1. The first-order chi connectivity index (χ1) is 46.3. The van der Waals surface area contributed by atoms with Crippen molar-refractivity contribution in [2.75, 3.05) is 33.0 Å². The number of ether oxygens (including phenoxy) is 12. The van der Waals surface area contributed by atoms with E-state index >= 15 is 4.79 Å². The molecule has 0 radical (unpaired) electrons. The second-order valence-electron chi connectivity index (χ2n) is 31.0. The number of Topliss-reactive ketones (excluding diaryl/α,β-unsaturated/α-hetero) is 1. The zero-order valence-electron chi connectivity index (χ0n) is 56.8. The fraction of sp³-hybridized carbons (Fsp3) is 0.954. The second-order valence-corrected chi connectivity index (χ2v) is 31.0. The lowest BCUT2D eigenvalue weighted by molar-refractivity contribution is -0.380. The van der Waals surface area contributed by atoms with Crippen molar-refractivity contribution in [2.45, 2.75) is 309 Å². The van der Waals surface area contributed by atoms with Crippen LogP contribution in [0, 0.1) is 45.3 Å². The molecule has 21 N–H and O–H groups in total. The number of aliphatic hydroxyl groups is 21. The molecule has 0 amide bonds. The molecule has 99 heavy (non-hydrogen) atoms. The SMILES string of the molecule is C[C@H](CC[C@@H](O[C@@H]1O[C@H](CO[C@@H]2O[C@H](CO)[C@@H](O)[C@H](O)[C@H]2O)[C@@H](O)[C@H](O)[C@H]1O[C@@H]1O[C@H](CO)[C@@H](O)[C@H](O)[C@H]1O)C(C)(C)O)[C@H]1CC[C@@]2(C)[C@@H]3CC=C4[C@@H](CC[C@H](O[C@@H]5O[C@H](CO[C@@H]6O[C@H](CO[C@@H]7O[C@H](O)[C@@H](O)[C@H](O)[C@H]7O)[C@@H](O)[C@H](O)[C@H]6O)[C@@H](O)[C@H](O)[C@H]5O)C4(C)C)[C@]3(C)C(=O)C[C@]12C. The number of fused-ring (bicyclic) bond motifs is 5. The minimum Gasteiger partial charge on any atom is -0.394 e. The maximum Gasteiger partial charge on any atom is 0.189 e. The molecule has 0 aromatic rings. The molecular formula is C65H108O34. The van der Waals surface area contributed by atoms with Crippen molar-refractivity contribution >= 4 is 5.78 Å². The molecular weight excluding hydrogens is 1320 g/mol. The highest BCUT2D eigenvalue weighted by Crippen LogP contribution is 2.74. The summed E-state index contributed by atoms with van der Waals surface area (Å²) >= 11 is 0. The summed E-state index contributed by atoms with van der Waals surface area (Å²) in [5.74, 6) is -0.357. The Morgan fingerprint density at radius 2 is 0.919 bits per heavy atom. The zero-order valence-corrected chi connectivity index (χ0v) is 56.8. The highest BCUT2D eigenvalue weighted by Gasteiger charge is 2.71. The van der Waals surface area contributed by atoms with Crippen LogP contribution in [0.2, 0.25) is 0 Å². The van der Waals surface area contributed by atoms with Crippen LogP contribution in [0.1, 0.15) is 107 Å². The van der Waals surface area contributed by atoms with Gasteiger partial charge in [-0.15, -0.1) is 0 Å². The van der Waals surface area contributed by atoms with Crippen LogP contribution in [-0.4, -0.2) is 348 Å². The molecule has 6 aliphatic heterocycles. The largest absolute Gasteiger partial charge is 0.394 e. The van der Waals surface area contributed by atoms with Crippen LogP contribution >= 0.6 is 0 Å². The predicted molar refractivity (Wildman–Crippen MR) is 327 cm³/mol. The van der Waals surface area contributed by atoms with Gasteiger partial charge < -0.3 is 164 Å². The third-order valence-corrected chi connectivity index (χ3v) is 24.4. The van der Waals surface area contributed by atoms with Gasteiger partial charge in [0.25, 0.3) is 0 Å². The van der Waals surface area contributed by atoms with E-state index in [-0.39, 0.29) is 47.7 Å². The van der Waals surface area contributed by atoms with Gasteiger partial charge in [-0.1, -0.05) is 53.2 Å². The Bertz CT molecular complexity index is 2710. The van der Waals surface area contributed by atoms with Crippen molar-refractivity contribution in [2.24, 2.45) is 45.3 Å². The van der Waals surface area contributed by atoms with Crippen LogP contribution in [-0.2, 0) is 61.6 Å². The summed E-state index contributed by atoms with van der Waals surface area (Å²) in [6.45, 7) is 12.0. The first-order valence-electron chi connectivity index (χ1n) is 34.5. The second kappa shape index (κ2) is 30.8. The van der Waals surface area contributed by atoms with Crippen molar-refractivity contribution in [1.82, 2.24) is 0 Å². The van der Waals surface area contributed by atoms with Crippen molar-refractivity contribution in [1.29, 1.82) is 0 Å². The lowest BCUT2D eigenvalue weighted by Crippen LogP contribution is -2.65. The average molecular weight is 1430 g/mol. The Kier molecular flexibility index (Phi) is 24.7. The third-order valence-electron chi connectivity index (χ3n) is 24.4. The summed E-state index contributed by atoms with van der Waals surface area (Å²) in [6, 6.07) is 0. The summed E-state index contributed by atoms with van der Waals surface area (Å²) < 4.78 is 70.2. The average Bonchev–Trinajstić information content (AvgIpc) is 1.64. The van der Waals surface area contributed by atoms with Gasteiger partial charge in [0.15, 0.2) is 44.0 Å². The van der Waals surface area contributed by atoms with Crippen LogP contribution in [0.25, 0.3) is 0 Å². The highest BCUT2D eigenvalue weighted by atomic mass is 16.8. The van der Waals surface area contributed by atoms with Crippen LogP contribution in [0.4, 0.5) is 0 Å². The van der Waals surface area contributed by atoms with E-state index in [2.05, 4.69) is 33.8 Å². The number of carbonyl (C=O) groups is 1. The van der Waals surface area contributed by atoms with Crippen LogP contribution < -0.4 is 0 Å². The third kappa shape index (κ3) is 14.8. The number of hydrogen-bond donors (Lipinski definition) is 21. The molecule has 0 unspecified atom stereocenters. The van der Waals surface area contributed by atoms with E-state index in [0.717, 1.165) is 18.4 Å². The monoisotopic (exact) mass is 1430 g/mol. The zero-order chi connectivity index (χ0) is 72.8. The van der Waals surface area contributed by atoms with Gasteiger partial charge in [0.2, 0.25) is 0 Å². The molecule has 572 valence electrons. The van der Waals surface area contributed by atoms with E-state index in [0.29, 0.717) is 25.7 Å². The summed E-state index contributed by atoms with van der Waals surface area (Å²) in [6.07, 6.45) is -48.7. The van der Waals surface area contributed by atoms with E-state index in [1.165, 1.54) is 13.8 Å². The molecule has 0 aromatic heterocycles. The van der Waals surface area contributed by atoms with Gasteiger partial charge in [-0.05, 0) is 93.3 Å². The number of aliphatic hydroxyl groups excluding tert-OH is 20. The van der Waals surface area contributed by atoms with E-state index in [4.69, 9.17) is 56.8 Å². The number of allylic oxidation sites excluding steroid dienone is 1. The standard InChI is InChI=1S/C65H108O34/c1-23(9-13-35(62(4,5)87)97-60-53(98-59-52(85)42(75)37(70)28(19-67)92-59)46(79)40(73)31(95-60)22-88-55-48(81)41(74)36(69)27(18-66)91-55)24-15-16-63(6)32-12-10-25-26(65(32,8)33(68)17-64(24,63)7)11-14-34(61(25,2)3)96-58-51(84)44(77)39(72)30(94-58)21-89-56-49(82)43(76)38(71)29(93-56)20-90-57-50(83)45(78)47(80)54(86)99-57/h10,23-24,26-32,34-60,66-67,69-87H,9,11-22H2,1-8H3/t23-,24-,26-,27-,28-,29-,30-,31-,32+,34+,35-,36-,37-,38-,39-,40-,41+,42+,43+,44+,45+,46+,47+,48-,49-,50-,51-,52-,53-,54+,55-,56-,57-,58+,59+,60+,63+,64-,65+/m1/s1. The van der Waals surface area contributed by atoms with Gasteiger partial charge in [-0.2, -0.15) is 0 Å². The molecule has 34 nitrogen and oxygen atoms in total. The topological polar surface area (TPSA) is 553 Å². The van der Waals surface area contributed by atoms with E-state index in [9.17, 15) is 107 Å². The lowest BCUT2D eigenvalue weighted by atomic mass is 9.38. The van der Waals surface area contributed by atoms with Gasteiger partial charge in [0.05, 0.1) is 50.8 Å². The van der Waals surface area contributed by atoms with Crippen LogP contribution in [0.3, 0.4) is 0 Å². The van der Waals surface area contributed by atoms with Gasteiger partial charge in [-0.25, -0.2) is 0 Å². The van der Waals surface area contributed by atoms with Gasteiger partial charge in [0.1, 0.15) is 146 Å². The first kappa shape index (κ1) is 79.6. The molecule has 0 spiro atoms. The van der Waals surface area contributed by atoms with E-state index < -0.39 is 252 Å². The highest BCUT2D eigenvalue weighted by molar-refractivity contribution is 5.88. The number of carbonyl (C=O) groups excluding carboxylic acids is 1. The summed E-state index contributed by atoms with van der Waals surface area (Å²) in [7, 11) is 0. The van der Waals surface area contributed by atoms with Gasteiger partial charge in [0, 0.05) is 17.3 Å². The molecule has 10 rings (SSSR count). The minimum atomic E-state index is -1.98. The normalized spacial score (nSPS) is 51.7. The first-order valence-corrected chi connectivity index (χ1v) is 34.5. The minimum absolute atomic E-state index is 0.0254. The molecule has 4 aliphatic carbocycles. The van der Waals surface area contributed by atoms with Crippen molar-refractivity contribution in [3.05, 3.63) is 11.6 Å². The van der Waals surface area contributed by atoms with E-state index in [1.807, 2.05) is 13.8 Å². The predicted octanol–water partition coefficient (Wildman–Crippen LogP) is -7.42. The maximum atomic E-state index is 15.5.